The minimum Gasteiger partial charge on any atom is -0.466 e. The van der Waals surface area contributed by atoms with Gasteiger partial charge in [-0.25, -0.2) is 0 Å². The molecule has 0 radical (unpaired) electrons. The Kier molecular flexibility index (Phi) is 72.9. The molecule has 0 aromatic rings. The molecule has 0 bridgehead atoms. The van der Waals surface area contributed by atoms with Gasteiger partial charge in [-0.15, -0.1) is 0 Å². The molecule has 2 atom stereocenters. The fourth-order valence-corrected chi connectivity index (χ4v) is 12.3. The molecule has 0 rings (SSSR count). The second-order valence-corrected chi connectivity index (χ2v) is 26.7. The van der Waals surface area contributed by atoms with Crippen LogP contribution in [0.25, 0.3) is 0 Å². The van der Waals surface area contributed by atoms with Gasteiger partial charge in [0.2, 0.25) is 5.91 Å². The summed E-state index contributed by atoms with van der Waals surface area (Å²) in [6, 6.07) is -0.621. The van der Waals surface area contributed by atoms with Crippen molar-refractivity contribution in [3.8, 4) is 0 Å². The Hall–Kier alpha value is -1.92. The van der Waals surface area contributed by atoms with Crippen LogP contribution in [0.1, 0.15) is 431 Å². The minimum atomic E-state index is -0.838. The number of allylic oxidation sites excluding steroid dienone is 5. The van der Waals surface area contributed by atoms with Crippen LogP contribution in [-0.2, 0) is 14.3 Å². The minimum absolute atomic E-state index is 0.0206. The molecule has 6 nitrogen and oxygen atoms in total. The number of esters is 1. The molecular weight excluding hydrogens is 1040 g/mol. The summed E-state index contributed by atoms with van der Waals surface area (Å²) < 4.78 is 5.52. The number of amides is 1. The molecule has 3 N–H and O–H groups in total. The molecule has 0 fully saturated rings. The van der Waals surface area contributed by atoms with Crippen molar-refractivity contribution in [2.45, 2.75) is 443 Å². The van der Waals surface area contributed by atoms with E-state index < -0.39 is 12.1 Å². The van der Waals surface area contributed by atoms with Crippen molar-refractivity contribution < 1.29 is 24.5 Å². The summed E-state index contributed by atoms with van der Waals surface area (Å²) in [7, 11) is 0. The Morgan fingerprint density at radius 3 is 0.918 bits per heavy atom. The maximum absolute atomic E-state index is 12.4. The molecule has 2 unspecified atom stereocenters. The highest BCUT2D eigenvalue weighted by atomic mass is 16.5. The summed E-state index contributed by atoms with van der Waals surface area (Å²) in [5.41, 5.74) is 0. The van der Waals surface area contributed by atoms with Crippen molar-refractivity contribution in [3.05, 3.63) is 36.5 Å². The van der Waals surface area contributed by atoms with Gasteiger partial charge >= 0.3 is 5.97 Å². The third-order valence-electron chi connectivity index (χ3n) is 18.2. The van der Waals surface area contributed by atoms with Crippen molar-refractivity contribution in [3.63, 3.8) is 0 Å². The summed E-state index contributed by atoms with van der Waals surface area (Å²) in [6.45, 7) is 4.89. The SMILES string of the molecule is CCCCC/C=C\C/C=C\CCCCCCCCCCCC(=O)OCCCCCCCCCCCCCCCCCCCCCCCCCCCCCCCCCCCCCCCCCC(=O)NC(CO)C(O)/C=C/CCCCCCCCCC. The topological polar surface area (TPSA) is 95.9 Å². The standard InChI is InChI=1S/C79H151NO5/c1-3-5-7-9-11-13-15-16-17-18-40-44-47-50-53-57-61-65-69-73-79(84)85-74-70-66-62-58-54-51-48-45-42-39-37-35-33-31-29-27-25-23-21-19-20-22-24-26-28-30-32-34-36-38-41-43-46-49-52-56-60-64-68-72-78(83)80-76(75-81)77(82)71-67-63-59-55-14-12-10-8-6-4-2/h11,13,16-17,67,71,76-77,81-82H,3-10,12,14-15,18-66,68-70,72-75H2,1-2H3,(H,80,83)/b13-11-,17-16-,71-67+. The number of carbonyl (C=O) groups excluding carboxylic acids is 2. The summed E-state index contributed by atoms with van der Waals surface area (Å²) in [4.78, 5) is 24.6. The normalized spacial score (nSPS) is 12.7. The maximum atomic E-state index is 12.4. The van der Waals surface area contributed by atoms with Gasteiger partial charge in [0.05, 0.1) is 25.4 Å². The largest absolute Gasteiger partial charge is 0.466 e. The molecule has 502 valence electrons. The number of unbranched alkanes of at least 4 members (excludes halogenated alkanes) is 58. The average Bonchev–Trinajstić information content (AvgIpc) is 3.51. The Morgan fingerprint density at radius 1 is 0.329 bits per heavy atom. The highest BCUT2D eigenvalue weighted by Crippen LogP contribution is 2.20. The fraction of sp³-hybridized carbons (Fsp3) is 0.899. The van der Waals surface area contributed by atoms with E-state index in [0.29, 0.717) is 19.4 Å². The first-order valence-electron chi connectivity index (χ1n) is 38.8. The number of aliphatic hydroxyl groups is 2. The highest BCUT2D eigenvalue weighted by Gasteiger charge is 2.18. The lowest BCUT2D eigenvalue weighted by molar-refractivity contribution is -0.143. The lowest BCUT2D eigenvalue weighted by Gasteiger charge is -2.20. The van der Waals surface area contributed by atoms with Gasteiger partial charge in [-0.05, 0) is 64.2 Å². The Labute approximate surface area is 532 Å². The van der Waals surface area contributed by atoms with E-state index >= 15 is 0 Å². The zero-order chi connectivity index (χ0) is 61.3. The van der Waals surface area contributed by atoms with E-state index in [9.17, 15) is 19.8 Å². The zero-order valence-corrected chi connectivity index (χ0v) is 57.6. The van der Waals surface area contributed by atoms with Gasteiger partial charge in [0, 0.05) is 12.8 Å². The quantitative estimate of drug-likeness (QED) is 0.0320. The molecule has 0 spiro atoms. The predicted molar refractivity (Wildman–Crippen MR) is 375 cm³/mol. The Balaban J connectivity index is 3.27. The average molecular weight is 1200 g/mol. The van der Waals surface area contributed by atoms with E-state index in [1.165, 1.54) is 360 Å². The molecule has 0 aliphatic carbocycles. The first-order valence-corrected chi connectivity index (χ1v) is 38.8. The predicted octanol–water partition coefficient (Wildman–Crippen LogP) is 25.4. The molecule has 0 saturated carbocycles. The maximum Gasteiger partial charge on any atom is 0.305 e. The second-order valence-electron chi connectivity index (χ2n) is 26.7. The first kappa shape index (κ1) is 83.1. The lowest BCUT2D eigenvalue weighted by Crippen LogP contribution is -2.45. The number of aliphatic hydroxyl groups excluding tert-OH is 2. The summed E-state index contributed by atoms with van der Waals surface area (Å²) in [5, 5.41) is 23.0. The molecule has 0 aromatic heterocycles. The molecule has 0 heterocycles. The summed E-state index contributed by atoms with van der Waals surface area (Å²) in [6.07, 6.45) is 97.2. The van der Waals surface area contributed by atoms with Gasteiger partial charge in [-0.2, -0.15) is 0 Å². The zero-order valence-electron chi connectivity index (χ0n) is 57.6. The van der Waals surface area contributed by atoms with Gasteiger partial charge in [-0.1, -0.05) is 391 Å². The van der Waals surface area contributed by atoms with Crippen molar-refractivity contribution >= 4 is 11.9 Å². The fourth-order valence-electron chi connectivity index (χ4n) is 12.3. The van der Waals surface area contributed by atoms with Crippen LogP contribution in [0.4, 0.5) is 0 Å². The van der Waals surface area contributed by atoms with Gasteiger partial charge in [0.15, 0.2) is 0 Å². The van der Waals surface area contributed by atoms with E-state index in [4.69, 9.17) is 4.74 Å². The van der Waals surface area contributed by atoms with Crippen molar-refractivity contribution in [2.24, 2.45) is 0 Å². The first-order chi connectivity index (χ1) is 42.0. The van der Waals surface area contributed by atoms with Crippen molar-refractivity contribution in [2.75, 3.05) is 13.2 Å². The van der Waals surface area contributed by atoms with Crippen molar-refractivity contribution in [1.82, 2.24) is 5.32 Å². The number of ether oxygens (including phenoxy) is 1. The second kappa shape index (κ2) is 74.5. The third kappa shape index (κ3) is 71.0. The Morgan fingerprint density at radius 2 is 0.588 bits per heavy atom. The van der Waals surface area contributed by atoms with Crippen LogP contribution < -0.4 is 5.32 Å². The van der Waals surface area contributed by atoms with E-state index in [2.05, 4.69) is 43.5 Å². The van der Waals surface area contributed by atoms with Gasteiger partial charge in [0.1, 0.15) is 0 Å². The van der Waals surface area contributed by atoms with Gasteiger partial charge < -0.3 is 20.3 Å². The van der Waals surface area contributed by atoms with Crippen LogP contribution in [0.5, 0.6) is 0 Å². The number of hydrogen-bond donors (Lipinski definition) is 3. The number of nitrogens with one attached hydrogen (secondary N) is 1. The summed E-state index contributed by atoms with van der Waals surface area (Å²) in [5.74, 6) is -0.0414. The molecule has 85 heavy (non-hydrogen) atoms. The van der Waals surface area contributed by atoms with Crippen LogP contribution in [0.3, 0.4) is 0 Å². The number of carbonyl (C=O) groups is 2. The van der Waals surface area contributed by atoms with Gasteiger partial charge in [-0.3, -0.25) is 9.59 Å². The molecule has 1 amide bonds. The van der Waals surface area contributed by atoms with E-state index in [-0.39, 0.29) is 18.5 Å². The van der Waals surface area contributed by atoms with Gasteiger partial charge in [0.25, 0.3) is 0 Å². The number of rotatable bonds is 73. The van der Waals surface area contributed by atoms with Crippen LogP contribution in [-0.4, -0.2) is 47.4 Å². The third-order valence-corrected chi connectivity index (χ3v) is 18.2. The van der Waals surface area contributed by atoms with Crippen LogP contribution in [0.15, 0.2) is 36.5 Å². The van der Waals surface area contributed by atoms with Crippen molar-refractivity contribution in [1.29, 1.82) is 0 Å². The van der Waals surface area contributed by atoms with E-state index in [1.807, 2.05) is 6.08 Å². The van der Waals surface area contributed by atoms with Crippen LogP contribution >= 0.6 is 0 Å². The van der Waals surface area contributed by atoms with E-state index in [1.54, 1.807) is 6.08 Å². The molecule has 0 aliphatic heterocycles. The molecule has 0 saturated heterocycles. The molecule has 0 aliphatic rings. The number of hydrogen-bond acceptors (Lipinski definition) is 5. The summed E-state index contributed by atoms with van der Waals surface area (Å²) >= 11 is 0. The Bertz CT molecular complexity index is 1380. The van der Waals surface area contributed by atoms with Crippen LogP contribution in [0, 0.1) is 0 Å². The smallest absolute Gasteiger partial charge is 0.305 e. The lowest BCUT2D eigenvalue weighted by atomic mass is 10.0. The molecular formula is C79H151NO5. The van der Waals surface area contributed by atoms with Crippen LogP contribution in [0.2, 0.25) is 0 Å². The monoisotopic (exact) mass is 1190 g/mol. The molecule has 6 heteroatoms. The highest BCUT2D eigenvalue weighted by molar-refractivity contribution is 5.76. The molecule has 0 aromatic carbocycles. The van der Waals surface area contributed by atoms with E-state index in [0.717, 1.165) is 44.9 Å².